The smallest absolute Gasteiger partial charge is 0.216 e. The minimum atomic E-state index is -0.0126. The zero-order valence-electron chi connectivity index (χ0n) is 12.3. The van der Waals surface area contributed by atoms with Crippen LogP contribution in [0.25, 0.3) is 0 Å². The third-order valence-corrected chi connectivity index (χ3v) is 3.20. The summed E-state index contributed by atoms with van der Waals surface area (Å²) in [7, 11) is 0. The number of amides is 1. The van der Waals surface area contributed by atoms with Crippen molar-refractivity contribution in [2.75, 3.05) is 13.1 Å². The van der Waals surface area contributed by atoms with Gasteiger partial charge in [-0.05, 0) is 31.0 Å². The van der Waals surface area contributed by atoms with Gasteiger partial charge in [-0.2, -0.15) is 0 Å². The standard InChI is InChI=1S/C15H23ClN2O2/c1-4-11(2)20-15-6-5-13(9-14(15)16)10-17-7-8-18-12(3)19/h5-6,9,11,17H,4,7-8,10H2,1-3H3,(H,18,19)/t11-/m0/s1. The largest absolute Gasteiger partial charge is 0.489 e. The molecule has 1 rings (SSSR count). The van der Waals surface area contributed by atoms with Crippen molar-refractivity contribution < 1.29 is 9.53 Å². The van der Waals surface area contributed by atoms with Crippen molar-refractivity contribution in [3.05, 3.63) is 28.8 Å². The highest BCUT2D eigenvalue weighted by Gasteiger charge is 2.06. The van der Waals surface area contributed by atoms with Crippen LogP contribution in [0.5, 0.6) is 5.75 Å². The second kappa shape index (κ2) is 8.82. The second-order valence-electron chi connectivity index (χ2n) is 4.76. The molecule has 0 aliphatic carbocycles. The molecule has 0 unspecified atom stereocenters. The summed E-state index contributed by atoms with van der Waals surface area (Å²) in [6.07, 6.45) is 1.11. The fourth-order valence-corrected chi connectivity index (χ4v) is 1.86. The first kappa shape index (κ1) is 16.8. The molecule has 0 radical (unpaired) electrons. The van der Waals surface area contributed by atoms with E-state index in [9.17, 15) is 4.79 Å². The lowest BCUT2D eigenvalue weighted by Gasteiger charge is -2.14. The summed E-state index contributed by atoms with van der Waals surface area (Å²) in [5.41, 5.74) is 1.09. The summed E-state index contributed by atoms with van der Waals surface area (Å²) < 4.78 is 5.72. The Hall–Kier alpha value is -1.26. The van der Waals surface area contributed by atoms with E-state index in [4.69, 9.17) is 16.3 Å². The summed E-state index contributed by atoms with van der Waals surface area (Å²) in [6.45, 7) is 7.67. The van der Waals surface area contributed by atoms with Crippen molar-refractivity contribution in [1.82, 2.24) is 10.6 Å². The van der Waals surface area contributed by atoms with Crippen molar-refractivity contribution in [3.8, 4) is 5.75 Å². The molecule has 112 valence electrons. The third kappa shape index (κ3) is 6.26. The van der Waals surface area contributed by atoms with Crippen LogP contribution in [0, 0.1) is 0 Å². The van der Waals surface area contributed by atoms with Crippen LogP contribution in [-0.4, -0.2) is 25.1 Å². The van der Waals surface area contributed by atoms with Gasteiger partial charge in [-0.1, -0.05) is 24.6 Å². The number of hydrogen-bond donors (Lipinski definition) is 2. The van der Waals surface area contributed by atoms with Gasteiger partial charge in [-0.15, -0.1) is 0 Å². The molecule has 1 aromatic rings. The first-order valence-corrected chi connectivity index (χ1v) is 7.31. The Bertz CT molecular complexity index is 438. The number of halogens is 1. The zero-order chi connectivity index (χ0) is 15.0. The van der Waals surface area contributed by atoms with Gasteiger partial charge >= 0.3 is 0 Å². The van der Waals surface area contributed by atoms with Crippen molar-refractivity contribution in [2.24, 2.45) is 0 Å². The van der Waals surface area contributed by atoms with E-state index in [1.54, 1.807) is 0 Å². The van der Waals surface area contributed by atoms with Crippen LogP contribution in [0.3, 0.4) is 0 Å². The SMILES string of the molecule is CC[C@H](C)Oc1ccc(CNCCNC(C)=O)cc1Cl. The summed E-state index contributed by atoms with van der Waals surface area (Å²) in [4.78, 5) is 10.7. The molecule has 5 heteroatoms. The van der Waals surface area contributed by atoms with E-state index in [1.165, 1.54) is 6.92 Å². The highest BCUT2D eigenvalue weighted by molar-refractivity contribution is 6.32. The third-order valence-electron chi connectivity index (χ3n) is 2.90. The molecule has 1 amide bonds. The maximum absolute atomic E-state index is 10.7. The molecular formula is C15H23ClN2O2. The van der Waals surface area contributed by atoms with Crippen molar-refractivity contribution in [3.63, 3.8) is 0 Å². The number of carbonyl (C=O) groups is 1. The fraction of sp³-hybridized carbons (Fsp3) is 0.533. The zero-order valence-corrected chi connectivity index (χ0v) is 13.1. The summed E-state index contributed by atoms with van der Waals surface area (Å²) in [6, 6.07) is 5.80. The number of hydrogen-bond acceptors (Lipinski definition) is 3. The maximum Gasteiger partial charge on any atom is 0.216 e. The Balaban J connectivity index is 2.41. The van der Waals surface area contributed by atoms with Crippen LogP contribution in [0.2, 0.25) is 5.02 Å². The van der Waals surface area contributed by atoms with Gasteiger partial charge in [-0.3, -0.25) is 4.79 Å². The van der Waals surface area contributed by atoms with Crippen molar-refractivity contribution in [2.45, 2.75) is 39.8 Å². The van der Waals surface area contributed by atoms with Gasteiger partial charge in [0.1, 0.15) is 5.75 Å². The van der Waals surface area contributed by atoms with E-state index in [1.807, 2.05) is 25.1 Å². The van der Waals surface area contributed by atoms with E-state index < -0.39 is 0 Å². The van der Waals surface area contributed by atoms with Crippen molar-refractivity contribution in [1.29, 1.82) is 0 Å². The molecule has 0 spiro atoms. The Kier molecular flexibility index (Phi) is 7.41. The predicted octanol–water partition coefficient (Wildman–Crippen LogP) is 2.74. The average Bonchev–Trinajstić information content (AvgIpc) is 2.40. The lowest BCUT2D eigenvalue weighted by molar-refractivity contribution is -0.118. The van der Waals surface area contributed by atoms with Crippen LogP contribution in [0.15, 0.2) is 18.2 Å². The Morgan fingerprint density at radius 1 is 1.40 bits per heavy atom. The second-order valence-corrected chi connectivity index (χ2v) is 5.17. The van der Waals surface area contributed by atoms with Gasteiger partial charge in [0, 0.05) is 26.6 Å². The summed E-state index contributed by atoms with van der Waals surface area (Å²) in [5, 5.41) is 6.61. The minimum Gasteiger partial charge on any atom is -0.489 e. The molecule has 0 aliphatic heterocycles. The van der Waals surface area contributed by atoms with E-state index >= 15 is 0 Å². The van der Waals surface area contributed by atoms with E-state index in [-0.39, 0.29) is 12.0 Å². The van der Waals surface area contributed by atoms with Gasteiger partial charge in [0.05, 0.1) is 11.1 Å². The van der Waals surface area contributed by atoms with E-state index in [0.29, 0.717) is 18.1 Å². The molecular weight excluding hydrogens is 276 g/mol. The van der Waals surface area contributed by atoms with Crippen molar-refractivity contribution >= 4 is 17.5 Å². The molecule has 1 aromatic carbocycles. The quantitative estimate of drug-likeness (QED) is 0.726. The number of benzene rings is 1. The highest BCUT2D eigenvalue weighted by Crippen LogP contribution is 2.26. The number of rotatable bonds is 8. The molecule has 0 saturated carbocycles. The molecule has 0 aromatic heterocycles. The topological polar surface area (TPSA) is 50.4 Å². The first-order chi connectivity index (χ1) is 9.52. The number of ether oxygens (including phenoxy) is 1. The van der Waals surface area contributed by atoms with Crippen LogP contribution < -0.4 is 15.4 Å². The van der Waals surface area contributed by atoms with Gasteiger partial charge < -0.3 is 15.4 Å². The number of carbonyl (C=O) groups excluding carboxylic acids is 1. The number of nitrogens with one attached hydrogen (secondary N) is 2. The molecule has 0 bridgehead atoms. The molecule has 2 N–H and O–H groups in total. The fourth-order valence-electron chi connectivity index (χ4n) is 1.61. The van der Waals surface area contributed by atoms with Gasteiger partial charge in [0.2, 0.25) is 5.91 Å². The normalized spacial score (nSPS) is 12.0. The Morgan fingerprint density at radius 3 is 2.75 bits per heavy atom. The van der Waals surface area contributed by atoms with Gasteiger partial charge in [0.25, 0.3) is 0 Å². The molecule has 4 nitrogen and oxygen atoms in total. The van der Waals surface area contributed by atoms with Crippen LogP contribution in [0.1, 0.15) is 32.8 Å². The molecule has 0 aliphatic rings. The van der Waals surface area contributed by atoms with Crippen LogP contribution in [-0.2, 0) is 11.3 Å². The molecule has 0 heterocycles. The summed E-state index contributed by atoms with van der Waals surface area (Å²) in [5.74, 6) is 0.712. The maximum atomic E-state index is 10.7. The van der Waals surface area contributed by atoms with Crippen LogP contribution >= 0.6 is 11.6 Å². The Labute approximate surface area is 125 Å². The van der Waals surface area contributed by atoms with E-state index in [0.717, 1.165) is 24.3 Å². The van der Waals surface area contributed by atoms with Gasteiger partial charge in [0.15, 0.2) is 0 Å². The predicted molar refractivity (Wildman–Crippen MR) is 82.2 cm³/mol. The molecule has 1 atom stereocenters. The average molecular weight is 299 g/mol. The van der Waals surface area contributed by atoms with Crippen LogP contribution in [0.4, 0.5) is 0 Å². The molecule has 0 fully saturated rings. The van der Waals surface area contributed by atoms with Gasteiger partial charge in [-0.25, -0.2) is 0 Å². The van der Waals surface area contributed by atoms with E-state index in [2.05, 4.69) is 17.6 Å². The lowest BCUT2D eigenvalue weighted by atomic mass is 10.2. The lowest BCUT2D eigenvalue weighted by Crippen LogP contribution is -2.29. The molecule has 0 saturated heterocycles. The first-order valence-electron chi connectivity index (χ1n) is 6.93. The minimum absolute atomic E-state index is 0.0126. The molecule has 20 heavy (non-hydrogen) atoms. The summed E-state index contributed by atoms with van der Waals surface area (Å²) >= 11 is 6.20. The monoisotopic (exact) mass is 298 g/mol. The Morgan fingerprint density at radius 2 is 2.15 bits per heavy atom. The highest BCUT2D eigenvalue weighted by atomic mass is 35.5.